The molecule has 0 aliphatic rings. The van der Waals surface area contributed by atoms with Gasteiger partial charge in [0.05, 0.1) is 22.9 Å². The largest absolute Gasteiger partial charge is 0.573 e. The minimum atomic E-state index is -5.16. The molecule has 0 atom stereocenters. The second-order valence-corrected chi connectivity index (χ2v) is 9.14. The summed E-state index contributed by atoms with van der Waals surface area (Å²) in [6, 6.07) is 7.80. The van der Waals surface area contributed by atoms with Crippen LogP contribution in [0.15, 0.2) is 60.0 Å². The average Bonchev–Trinajstić information content (AvgIpc) is 3.33. The Balaban J connectivity index is 1.74. The lowest BCUT2D eigenvalue weighted by Gasteiger charge is -2.16. The normalized spacial score (nSPS) is 11.5. The summed E-state index contributed by atoms with van der Waals surface area (Å²) in [4.78, 5) is 3.42. The molecule has 0 unspecified atom stereocenters. The van der Waals surface area contributed by atoms with Gasteiger partial charge in [-0.3, -0.25) is 4.72 Å². The third-order valence-electron chi connectivity index (χ3n) is 4.34. The van der Waals surface area contributed by atoms with E-state index in [2.05, 4.69) is 29.0 Å². The number of alkyl halides is 3. The monoisotopic (exact) mass is 538 g/mol. The van der Waals surface area contributed by atoms with E-state index in [0.717, 1.165) is 42.1 Å². The molecular weight excluding hydrogens is 528 g/mol. The molecule has 4 rings (SSSR count). The van der Waals surface area contributed by atoms with Crippen LogP contribution in [0.1, 0.15) is 5.56 Å². The molecule has 2 aromatic heterocycles. The van der Waals surface area contributed by atoms with Crippen molar-refractivity contribution in [2.75, 3.05) is 4.72 Å². The SMILES string of the molecule is N#Cc1cc(S(=O)(=O)Nc2ncns2)ccc1Oc1cc(F)c(OC(F)(F)F)cc1-c1ccnnc1. The number of anilines is 1. The summed E-state index contributed by atoms with van der Waals surface area (Å²) in [5.74, 6) is -3.01. The smallest absolute Gasteiger partial charge is 0.455 e. The number of nitriles is 1. The van der Waals surface area contributed by atoms with Crippen LogP contribution in [0.4, 0.5) is 22.7 Å². The number of halogens is 4. The fraction of sp³-hybridized carbons (Fsp3) is 0.0500. The van der Waals surface area contributed by atoms with Crippen LogP contribution in [0.25, 0.3) is 11.1 Å². The third-order valence-corrected chi connectivity index (χ3v) is 6.39. The maximum absolute atomic E-state index is 14.5. The Morgan fingerprint density at radius 3 is 2.50 bits per heavy atom. The Hall–Kier alpha value is -4.36. The second-order valence-electron chi connectivity index (χ2n) is 6.68. The van der Waals surface area contributed by atoms with Crippen molar-refractivity contribution >= 4 is 26.7 Å². The van der Waals surface area contributed by atoms with Crippen molar-refractivity contribution in [2.45, 2.75) is 11.3 Å². The van der Waals surface area contributed by atoms with Crippen LogP contribution < -0.4 is 14.2 Å². The van der Waals surface area contributed by atoms with Gasteiger partial charge in [0.15, 0.2) is 11.6 Å². The van der Waals surface area contributed by atoms with Crippen molar-refractivity contribution in [3.8, 4) is 34.4 Å². The molecule has 16 heteroatoms. The van der Waals surface area contributed by atoms with Gasteiger partial charge in [0.25, 0.3) is 10.0 Å². The van der Waals surface area contributed by atoms with Crippen LogP contribution in [0, 0.1) is 17.1 Å². The average molecular weight is 538 g/mol. The van der Waals surface area contributed by atoms with Crippen LogP contribution in [-0.4, -0.2) is 34.3 Å². The highest BCUT2D eigenvalue weighted by Crippen LogP contribution is 2.40. The summed E-state index contributed by atoms with van der Waals surface area (Å²) in [6.45, 7) is 0. The molecule has 0 amide bonds. The van der Waals surface area contributed by atoms with E-state index in [4.69, 9.17) is 4.74 Å². The van der Waals surface area contributed by atoms with Gasteiger partial charge in [-0.15, -0.1) is 13.2 Å². The summed E-state index contributed by atoms with van der Waals surface area (Å²) in [5.41, 5.74) is -0.125. The summed E-state index contributed by atoms with van der Waals surface area (Å²) in [5, 5.41) is 16.8. The molecule has 1 N–H and O–H groups in total. The van der Waals surface area contributed by atoms with Crippen molar-refractivity contribution in [2.24, 2.45) is 0 Å². The van der Waals surface area contributed by atoms with Crippen molar-refractivity contribution in [1.82, 2.24) is 19.6 Å². The van der Waals surface area contributed by atoms with E-state index in [9.17, 15) is 31.2 Å². The van der Waals surface area contributed by atoms with Gasteiger partial charge in [0.1, 0.15) is 23.9 Å². The van der Waals surface area contributed by atoms with Gasteiger partial charge in [-0.2, -0.15) is 19.8 Å². The molecule has 0 bridgehead atoms. The molecule has 10 nitrogen and oxygen atoms in total. The Morgan fingerprint density at radius 1 is 1.06 bits per heavy atom. The topological polar surface area (TPSA) is 140 Å². The van der Waals surface area contributed by atoms with Crippen LogP contribution in [0.5, 0.6) is 17.2 Å². The first-order chi connectivity index (χ1) is 17.1. The van der Waals surface area contributed by atoms with E-state index in [1.807, 2.05) is 0 Å². The Bertz CT molecular complexity index is 1540. The zero-order valence-electron chi connectivity index (χ0n) is 17.4. The lowest BCUT2D eigenvalue weighted by molar-refractivity contribution is -0.275. The van der Waals surface area contributed by atoms with Crippen LogP contribution >= 0.6 is 11.5 Å². The lowest BCUT2D eigenvalue weighted by Crippen LogP contribution is -2.18. The highest BCUT2D eigenvalue weighted by Gasteiger charge is 2.33. The summed E-state index contributed by atoms with van der Waals surface area (Å²) >= 11 is 0.798. The lowest BCUT2D eigenvalue weighted by atomic mass is 10.1. The number of hydrogen-bond donors (Lipinski definition) is 1. The number of nitrogens with one attached hydrogen (secondary N) is 1. The molecule has 0 aliphatic heterocycles. The van der Waals surface area contributed by atoms with Gasteiger partial charge in [-0.25, -0.2) is 17.8 Å². The first kappa shape index (κ1) is 24.8. The van der Waals surface area contributed by atoms with Gasteiger partial charge < -0.3 is 9.47 Å². The fourth-order valence-corrected chi connectivity index (χ4v) is 4.55. The van der Waals surface area contributed by atoms with Crippen molar-refractivity contribution in [3.05, 3.63) is 66.5 Å². The van der Waals surface area contributed by atoms with E-state index in [1.165, 1.54) is 18.5 Å². The van der Waals surface area contributed by atoms with Crippen LogP contribution in [0.3, 0.4) is 0 Å². The quantitative estimate of drug-likeness (QED) is 0.337. The van der Waals surface area contributed by atoms with Crippen molar-refractivity contribution in [1.29, 1.82) is 5.26 Å². The number of nitrogens with zero attached hydrogens (tertiary/aromatic N) is 5. The molecule has 0 fully saturated rings. The van der Waals surface area contributed by atoms with E-state index >= 15 is 0 Å². The molecule has 184 valence electrons. The summed E-state index contributed by atoms with van der Waals surface area (Å²) in [7, 11) is -4.13. The maximum atomic E-state index is 14.5. The van der Waals surface area contributed by atoms with Crippen molar-refractivity contribution in [3.63, 3.8) is 0 Å². The van der Waals surface area contributed by atoms with Crippen LogP contribution in [0.2, 0.25) is 0 Å². The number of ether oxygens (including phenoxy) is 2. The van der Waals surface area contributed by atoms with Gasteiger partial charge >= 0.3 is 6.36 Å². The Labute approximate surface area is 204 Å². The minimum absolute atomic E-state index is 0.000997. The molecule has 36 heavy (non-hydrogen) atoms. The zero-order valence-corrected chi connectivity index (χ0v) is 19.0. The highest BCUT2D eigenvalue weighted by molar-refractivity contribution is 7.93. The molecule has 4 aromatic rings. The predicted octanol–water partition coefficient (Wildman–Crippen LogP) is 4.50. The van der Waals surface area contributed by atoms with Gasteiger partial charge in [-0.05, 0) is 30.3 Å². The first-order valence-corrected chi connectivity index (χ1v) is 11.7. The standard InChI is InChI=1S/C20H10F4N6O4S2/c21-15-7-17(14(11-3-4-27-28-9-11)6-18(15)34-20(22,23)24)33-16-2-1-13(5-12(16)8-25)36(31,32)30-19-26-10-29-35-19/h1-7,9-10H,(H,26,29,30). The number of sulfonamides is 1. The van der Waals surface area contributed by atoms with E-state index in [-0.39, 0.29) is 38.2 Å². The molecule has 0 saturated heterocycles. The highest BCUT2D eigenvalue weighted by atomic mass is 32.2. The van der Waals surface area contributed by atoms with E-state index < -0.39 is 28.0 Å². The number of rotatable bonds is 7. The fourth-order valence-electron chi connectivity index (χ4n) is 2.86. The molecule has 0 aliphatic carbocycles. The molecule has 0 spiro atoms. The molecule has 2 aromatic carbocycles. The number of hydrogen-bond acceptors (Lipinski definition) is 10. The van der Waals surface area contributed by atoms with Gasteiger partial charge in [0, 0.05) is 28.7 Å². The summed E-state index contributed by atoms with van der Waals surface area (Å²) < 4.78 is 93.0. The molecule has 0 saturated carbocycles. The minimum Gasteiger partial charge on any atom is -0.455 e. The maximum Gasteiger partial charge on any atom is 0.573 e. The third kappa shape index (κ3) is 5.64. The Morgan fingerprint density at radius 2 is 1.86 bits per heavy atom. The Kier molecular flexibility index (Phi) is 6.68. The molecule has 2 heterocycles. The number of aromatic nitrogens is 4. The zero-order chi connectivity index (χ0) is 25.9. The second kappa shape index (κ2) is 9.71. The van der Waals surface area contributed by atoms with E-state index in [0.29, 0.717) is 6.07 Å². The number of benzene rings is 2. The van der Waals surface area contributed by atoms with Crippen molar-refractivity contribution < 1.29 is 35.5 Å². The predicted molar refractivity (Wildman–Crippen MR) is 116 cm³/mol. The first-order valence-electron chi connectivity index (χ1n) is 9.43. The summed E-state index contributed by atoms with van der Waals surface area (Å²) in [6.07, 6.45) is -1.56. The van der Waals surface area contributed by atoms with E-state index in [1.54, 1.807) is 6.07 Å². The van der Waals surface area contributed by atoms with Gasteiger partial charge in [0.2, 0.25) is 5.13 Å². The van der Waals surface area contributed by atoms with Crippen LogP contribution in [-0.2, 0) is 10.0 Å². The molecular formula is C20H10F4N6O4S2. The van der Waals surface area contributed by atoms with Gasteiger partial charge in [-0.1, -0.05) is 0 Å². The molecule has 0 radical (unpaired) electrons.